The summed E-state index contributed by atoms with van der Waals surface area (Å²) in [6.45, 7) is 0. The van der Waals surface area contributed by atoms with E-state index >= 15 is 0 Å². The fourth-order valence-corrected chi connectivity index (χ4v) is 2.95. The lowest BCUT2D eigenvalue weighted by molar-refractivity contribution is -0.112. The Morgan fingerprint density at radius 3 is 2.65 bits per heavy atom. The molecule has 0 unspecified atom stereocenters. The smallest absolute Gasteiger partial charge is 0.296 e. The van der Waals surface area contributed by atoms with Crippen molar-refractivity contribution in [1.29, 1.82) is 0 Å². The number of carbonyl (C=O) groups is 2. The van der Waals surface area contributed by atoms with Gasteiger partial charge in [-0.1, -0.05) is 35.0 Å². The van der Waals surface area contributed by atoms with Gasteiger partial charge >= 0.3 is 0 Å². The van der Waals surface area contributed by atoms with Crippen molar-refractivity contribution < 1.29 is 9.59 Å². The van der Waals surface area contributed by atoms with Crippen molar-refractivity contribution >= 4 is 52.3 Å². The molecule has 1 aromatic heterocycles. The fourth-order valence-electron chi connectivity index (χ4n) is 1.76. The minimum atomic E-state index is -0.636. The highest BCUT2D eigenvalue weighted by molar-refractivity contribution is 7.99. The zero-order valence-corrected chi connectivity index (χ0v) is 12.1. The number of Topliss-reactive ketones (excluding diaryl/α,β-unsaturated/α-hetero) is 1. The quantitative estimate of drug-likeness (QED) is 0.856. The van der Waals surface area contributed by atoms with Crippen LogP contribution in [0.2, 0.25) is 10.0 Å². The number of nitrogens with zero attached hydrogens (tertiary/aromatic N) is 1. The lowest BCUT2D eigenvalue weighted by Gasteiger charge is -2.06. The van der Waals surface area contributed by atoms with Crippen LogP contribution < -0.4 is 5.32 Å². The number of carbonyl (C=O) groups excluding carboxylic acids is 2. The minimum Gasteiger partial charge on any atom is -0.318 e. The van der Waals surface area contributed by atoms with E-state index in [1.807, 2.05) is 0 Å². The maximum Gasteiger partial charge on any atom is 0.296 e. The maximum absolute atomic E-state index is 11.6. The second-order valence-corrected chi connectivity index (χ2v) is 5.93. The van der Waals surface area contributed by atoms with Gasteiger partial charge in [-0.05, 0) is 24.3 Å². The van der Waals surface area contributed by atoms with Crippen LogP contribution in [0.3, 0.4) is 0 Å². The first kappa shape index (κ1) is 13.4. The molecule has 1 N–H and O–H groups in total. The van der Waals surface area contributed by atoms with E-state index in [0.29, 0.717) is 31.2 Å². The lowest BCUT2D eigenvalue weighted by Crippen LogP contribution is -2.12. The van der Waals surface area contributed by atoms with E-state index in [9.17, 15) is 9.59 Å². The van der Waals surface area contributed by atoms with Gasteiger partial charge in [-0.3, -0.25) is 9.59 Å². The molecule has 2 aromatic rings. The van der Waals surface area contributed by atoms with Crippen LogP contribution in [-0.4, -0.2) is 16.7 Å². The van der Waals surface area contributed by atoms with Crippen molar-refractivity contribution in [2.45, 2.75) is 9.92 Å². The number of hydrogen-bond acceptors (Lipinski definition) is 4. The number of fused-ring (bicyclic) bond motifs is 1. The van der Waals surface area contributed by atoms with E-state index in [-0.39, 0.29) is 0 Å². The highest BCUT2D eigenvalue weighted by Gasteiger charge is 2.29. The van der Waals surface area contributed by atoms with Gasteiger partial charge in [0.25, 0.3) is 11.7 Å². The summed E-state index contributed by atoms with van der Waals surface area (Å²) in [5.74, 6) is -1.20. The summed E-state index contributed by atoms with van der Waals surface area (Å²) in [5, 5.41) is 4.17. The molecule has 3 rings (SSSR count). The number of amides is 1. The van der Waals surface area contributed by atoms with Gasteiger partial charge in [0.1, 0.15) is 5.03 Å². The number of ketones is 1. The van der Waals surface area contributed by atoms with Crippen LogP contribution in [0.15, 0.2) is 40.4 Å². The fraction of sp³-hybridized carbons (Fsp3) is 0. The first-order chi connectivity index (χ1) is 9.54. The molecule has 0 fully saturated rings. The number of rotatable bonds is 2. The summed E-state index contributed by atoms with van der Waals surface area (Å²) >= 11 is 13.2. The summed E-state index contributed by atoms with van der Waals surface area (Å²) in [5.41, 5.74) is 0.772. The molecule has 0 spiro atoms. The Morgan fingerprint density at radius 2 is 1.95 bits per heavy atom. The molecule has 0 aliphatic carbocycles. The van der Waals surface area contributed by atoms with Crippen LogP contribution in [0.1, 0.15) is 10.4 Å². The molecule has 100 valence electrons. The van der Waals surface area contributed by atoms with Crippen molar-refractivity contribution in [2.24, 2.45) is 0 Å². The zero-order valence-electron chi connectivity index (χ0n) is 9.81. The second kappa shape index (κ2) is 5.09. The minimum absolute atomic E-state index is 0.299. The number of benzene rings is 1. The van der Waals surface area contributed by atoms with Crippen molar-refractivity contribution in [1.82, 2.24) is 4.98 Å². The van der Waals surface area contributed by atoms with Crippen LogP contribution in [-0.2, 0) is 4.79 Å². The summed E-state index contributed by atoms with van der Waals surface area (Å²) in [6, 6.07) is 6.65. The van der Waals surface area contributed by atoms with E-state index in [0.717, 1.165) is 0 Å². The van der Waals surface area contributed by atoms with Crippen LogP contribution in [0.4, 0.5) is 5.69 Å². The van der Waals surface area contributed by atoms with Crippen LogP contribution in [0, 0.1) is 0 Å². The lowest BCUT2D eigenvalue weighted by atomic mass is 10.1. The monoisotopic (exact) mass is 324 g/mol. The highest BCUT2D eigenvalue weighted by Crippen LogP contribution is 2.38. The number of nitrogens with one attached hydrogen (secondary N) is 1. The van der Waals surface area contributed by atoms with Crippen molar-refractivity contribution in [2.75, 3.05) is 5.32 Å². The Hall–Kier alpha value is -1.56. The van der Waals surface area contributed by atoms with Gasteiger partial charge in [-0.25, -0.2) is 4.98 Å². The maximum atomic E-state index is 11.6. The molecule has 4 nitrogen and oxygen atoms in total. The molecule has 0 atom stereocenters. The van der Waals surface area contributed by atoms with Gasteiger partial charge < -0.3 is 5.32 Å². The van der Waals surface area contributed by atoms with Gasteiger partial charge in [0.15, 0.2) is 0 Å². The molecule has 7 heteroatoms. The molecule has 0 bridgehead atoms. The van der Waals surface area contributed by atoms with Gasteiger partial charge in [-0.15, -0.1) is 0 Å². The van der Waals surface area contributed by atoms with Crippen molar-refractivity contribution in [3.8, 4) is 0 Å². The van der Waals surface area contributed by atoms with E-state index in [1.165, 1.54) is 24.0 Å². The van der Waals surface area contributed by atoms with Crippen molar-refractivity contribution in [3.05, 3.63) is 46.1 Å². The molecule has 20 heavy (non-hydrogen) atoms. The standard InChI is InChI=1S/C13H6Cl2N2O2S/c14-6-1-2-11(16-5-6)20-10-4-9-7(3-8(10)15)12(18)13(19)17-9/h1-5H,(H,17,18,19). The molecular weight excluding hydrogens is 319 g/mol. The Bertz CT molecular complexity index is 732. The van der Waals surface area contributed by atoms with Crippen molar-refractivity contribution in [3.63, 3.8) is 0 Å². The van der Waals surface area contributed by atoms with Crippen LogP contribution in [0.5, 0.6) is 0 Å². The van der Waals surface area contributed by atoms with Gasteiger partial charge in [0.05, 0.1) is 21.3 Å². The molecule has 1 aromatic carbocycles. The average molecular weight is 325 g/mol. The van der Waals surface area contributed by atoms with E-state index < -0.39 is 11.7 Å². The number of anilines is 1. The van der Waals surface area contributed by atoms with E-state index in [2.05, 4.69) is 10.3 Å². The predicted octanol–water partition coefficient (Wildman–Crippen LogP) is 3.67. The summed E-state index contributed by atoms with van der Waals surface area (Å²) in [7, 11) is 0. The van der Waals surface area contributed by atoms with E-state index in [4.69, 9.17) is 23.2 Å². The number of hydrogen-bond donors (Lipinski definition) is 1. The number of halogens is 2. The SMILES string of the molecule is O=C1Nc2cc(Sc3ccc(Cl)cn3)c(Cl)cc2C1=O. The molecular formula is C13H6Cl2N2O2S. The normalized spacial score (nSPS) is 13.3. The van der Waals surface area contributed by atoms with Crippen LogP contribution >= 0.6 is 35.0 Å². The van der Waals surface area contributed by atoms with Gasteiger partial charge in [-0.2, -0.15) is 0 Å². The number of aromatic nitrogens is 1. The zero-order chi connectivity index (χ0) is 14.3. The Balaban J connectivity index is 1.96. The second-order valence-electron chi connectivity index (χ2n) is 4.03. The van der Waals surface area contributed by atoms with Gasteiger partial charge in [0.2, 0.25) is 0 Å². The molecule has 1 amide bonds. The largest absolute Gasteiger partial charge is 0.318 e. The Kier molecular flexibility index (Phi) is 3.41. The predicted molar refractivity (Wildman–Crippen MR) is 77.8 cm³/mol. The third kappa shape index (κ3) is 2.40. The molecule has 1 aliphatic heterocycles. The summed E-state index contributed by atoms with van der Waals surface area (Å²) in [4.78, 5) is 27.7. The summed E-state index contributed by atoms with van der Waals surface area (Å²) < 4.78 is 0. The third-order valence-electron chi connectivity index (χ3n) is 2.69. The Labute approximate surface area is 128 Å². The molecule has 0 radical (unpaired) electrons. The average Bonchev–Trinajstić information content (AvgIpc) is 2.69. The highest BCUT2D eigenvalue weighted by atomic mass is 35.5. The first-order valence-electron chi connectivity index (χ1n) is 5.53. The van der Waals surface area contributed by atoms with E-state index in [1.54, 1.807) is 18.2 Å². The molecule has 1 aliphatic rings. The molecule has 2 heterocycles. The first-order valence-corrected chi connectivity index (χ1v) is 7.10. The molecule has 0 saturated heterocycles. The summed E-state index contributed by atoms with van der Waals surface area (Å²) in [6.07, 6.45) is 1.54. The molecule has 0 saturated carbocycles. The van der Waals surface area contributed by atoms with Crippen LogP contribution in [0.25, 0.3) is 0 Å². The Morgan fingerprint density at radius 1 is 1.15 bits per heavy atom. The third-order valence-corrected chi connectivity index (χ3v) is 4.34. The topological polar surface area (TPSA) is 59.1 Å². The van der Waals surface area contributed by atoms with Gasteiger partial charge in [0, 0.05) is 11.1 Å². The number of pyridine rings is 1.